The van der Waals surface area contributed by atoms with E-state index in [-0.39, 0.29) is 0 Å². The largest absolute Gasteiger partial charge is 0.377 e. The van der Waals surface area contributed by atoms with Gasteiger partial charge in [-0.2, -0.15) is 0 Å². The van der Waals surface area contributed by atoms with E-state index in [0.717, 1.165) is 19.1 Å². The van der Waals surface area contributed by atoms with E-state index in [2.05, 4.69) is 24.2 Å². The van der Waals surface area contributed by atoms with Gasteiger partial charge in [0.05, 0.1) is 6.10 Å². The van der Waals surface area contributed by atoms with Gasteiger partial charge in [-0.25, -0.2) is 0 Å². The molecular formula is C13H26N2O. The Morgan fingerprint density at radius 1 is 1.31 bits per heavy atom. The van der Waals surface area contributed by atoms with Gasteiger partial charge >= 0.3 is 0 Å². The molecule has 94 valence electrons. The van der Waals surface area contributed by atoms with Crippen molar-refractivity contribution in [1.82, 2.24) is 10.2 Å². The van der Waals surface area contributed by atoms with Gasteiger partial charge < -0.3 is 15.0 Å². The maximum Gasteiger partial charge on any atom is 0.0702 e. The molecule has 0 spiro atoms. The molecule has 0 aromatic rings. The van der Waals surface area contributed by atoms with E-state index in [0.29, 0.717) is 12.1 Å². The van der Waals surface area contributed by atoms with Crippen LogP contribution < -0.4 is 5.32 Å². The van der Waals surface area contributed by atoms with Gasteiger partial charge in [0.1, 0.15) is 0 Å². The summed E-state index contributed by atoms with van der Waals surface area (Å²) in [6, 6.07) is 0.712. The van der Waals surface area contributed by atoms with Crippen molar-refractivity contribution in [1.29, 1.82) is 0 Å². The number of rotatable bonds is 3. The second-order valence-corrected chi connectivity index (χ2v) is 5.41. The average Bonchev–Trinajstić information content (AvgIpc) is 2.31. The Bertz CT molecular complexity index is 204. The van der Waals surface area contributed by atoms with Crippen LogP contribution >= 0.6 is 0 Å². The molecule has 3 nitrogen and oxygen atoms in total. The zero-order valence-corrected chi connectivity index (χ0v) is 10.7. The lowest BCUT2D eigenvalue weighted by molar-refractivity contribution is -0.0143. The minimum atomic E-state index is 0.507. The van der Waals surface area contributed by atoms with Crippen LogP contribution in [-0.2, 0) is 4.74 Å². The first-order chi connectivity index (χ1) is 7.79. The summed E-state index contributed by atoms with van der Waals surface area (Å²) in [5.41, 5.74) is 0. The molecule has 2 saturated heterocycles. The third kappa shape index (κ3) is 3.19. The van der Waals surface area contributed by atoms with Gasteiger partial charge in [0, 0.05) is 25.7 Å². The molecule has 2 rings (SSSR count). The standard InChI is InChI=1S/C13H26N2O/c1-11-9-15(7-6-13(11)14-2)10-12-5-3-4-8-16-12/h11-14H,3-10H2,1-2H3. The third-order valence-corrected chi connectivity index (χ3v) is 4.10. The molecule has 2 heterocycles. The highest BCUT2D eigenvalue weighted by atomic mass is 16.5. The monoisotopic (exact) mass is 226 g/mol. The molecule has 2 fully saturated rings. The van der Waals surface area contributed by atoms with E-state index in [1.54, 1.807) is 0 Å². The molecule has 2 aliphatic heterocycles. The van der Waals surface area contributed by atoms with Crippen molar-refractivity contribution < 1.29 is 4.74 Å². The van der Waals surface area contributed by atoms with Crippen LogP contribution in [0.4, 0.5) is 0 Å². The van der Waals surface area contributed by atoms with Crippen molar-refractivity contribution in [2.24, 2.45) is 5.92 Å². The Kier molecular flexibility index (Phi) is 4.62. The SMILES string of the molecule is CNC1CCN(CC2CCCCO2)CC1C. The fraction of sp³-hybridized carbons (Fsp3) is 1.00. The van der Waals surface area contributed by atoms with Crippen LogP contribution in [0.1, 0.15) is 32.6 Å². The number of nitrogens with zero attached hydrogens (tertiary/aromatic N) is 1. The molecule has 0 amide bonds. The van der Waals surface area contributed by atoms with E-state index in [1.165, 1.54) is 38.8 Å². The number of likely N-dealkylation sites (tertiary alicyclic amines) is 1. The second kappa shape index (κ2) is 5.99. The molecule has 0 saturated carbocycles. The molecular weight excluding hydrogens is 200 g/mol. The number of piperidine rings is 1. The summed E-state index contributed by atoms with van der Waals surface area (Å²) in [5.74, 6) is 0.766. The maximum absolute atomic E-state index is 5.81. The molecule has 3 atom stereocenters. The zero-order valence-electron chi connectivity index (χ0n) is 10.7. The van der Waals surface area contributed by atoms with E-state index < -0.39 is 0 Å². The molecule has 0 aromatic carbocycles. The Morgan fingerprint density at radius 3 is 2.81 bits per heavy atom. The highest BCUT2D eigenvalue weighted by molar-refractivity contribution is 4.83. The molecule has 0 aromatic heterocycles. The molecule has 16 heavy (non-hydrogen) atoms. The first-order valence-corrected chi connectivity index (χ1v) is 6.81. The molecule has 0 bridgehead atoms. The molecule has 0 aliphatic carbocycles. The van der Waals surface area contributed by atoms with Crippen molar-refractivity contribution in [3.63, 3.8) is 0 Å². The van der Waals surface area contributed by atoms with Crippen LogP contribution in [0.15, 0.2) is 0 Å². The summed E-state index contributed by atoms with van der Waals surface area (Å²) in [6.07, 6.45) is 5.67. The highest BCUT2D eigenvalue weighted by Crippen LogP contribution is 2.19. The highest BCUT2D eigenvalue weighted by Gasteiger charge is 2.26. The molecule has 3 unspecified atom stereocenters. The van der Waals surface area contributed by atoms with Crippen molar-refractivity contribution in [3.8, 4) is 0 Å². The van der Waals surface area contributed by atoms with Crippen LogP contribution in [0.25, 0.3) is 0 Å². The smallest absolute Gasteiger partial charge is 0.0702 e. The minimum Gasteiger partial charge on any atom is -0.377 e. The summed E-state index contributed by atoms with van der Waals surface area (Å²) < 4.78 is 5.81. The van der Waals surface area contributed by atoms with Crippen LogP contribution in [0, 0.1) is 5.92 Å². The van der Waals surface area contributed by atoms with E-state index >= 15 is 0 Å². The van der Waals surface area contributed by atoms with Crippen molar-refractivity contribution >= 4 is 0 Å². The lowest BCUT2D eigenvalue weighted by Crippen LogP contribution is -2.49. The van der Waals surface area contributed by atoms with Gasteiger partial charge in [0.15, 0.2) is 0 Å². The lowest BCUT2D eigenvalue weighted by atomic mass is 9.93. The fourth-order valence-electron chi connectivity index (χ4n) is 3.07. The number of nitrogens with one attached hydrogen (secondary N) is 1. The fourth-order valence-corrected chi connectivity index (χ4v) is 3.07. The number of hydrogen-bond acceptors (Lipinski definition) is 3. The maximum atomic E-state index is 5.81. The Morgan fingerprint density at radius 2 is 2.19 bits per heavy atom. The topological polar surface area (TPSA) is 24.5 Å². The molecule has 2 aliphatic rings. The minimum absolute atomic E-state index is 0.507. The first kappa shape index (κ1) is 12.3. The summed E-state index contributed by atoms with van der Waals surface area (Å²) in [5, 5.41) is 3.42. The normalized spacial score (nSPS) is 37.5. The van der Waals surface area contributed by atoms with Crippen LogP contribution in [-0.4, -0.2) is 50.3 Å². The predicted octanol–water partition coefficient (Wildman–Crippen LogP) is 1.49. The van der Waals surface area contributed by atoms with E-state index in [1.807, 2.05) is 0 Å². The Labute approximate surface area is 99.5 Å². The van der Waals surface area contributed by atoms with Gasteiger partial charge in [-0.1, -0.05) is 6.92 Å². The van der Waals surface area contributed by atoms with Gasteiger partial charge in [-0.15, -0.1) is 0 Å². The number of ether oxygens (including phenoxy) is 1. The van der Waals surface area contributed by atoms with Crippen molar-refractivity contribution in [3.05, 3.63) is 0 Å². The second-order valence-electron chi connectivity index (χ2n) is 5.41. The summed E-state index contributed by atoms with van der Waals surface area (Å²) in [7, 11) is 2.08. The van der Waals surface area contributed by atoms with E-state index in [4.69, 9.17) is 4.74 Å². The van der Waals surface area contributed by atoms with Crippen molar-refractivity contribution in [2.45, 2.75) is 44.8 Å². The Balaban J connectivity index is 1.74. The zero-order chi connectivity index (χ0) is 11.4. The molecule has 1 N–H and O–H groups in total. The summed E-state index contributed by atoms with van der Waals surface area (Å²) in [6.45, 7) is 6.95. The van der Waals surface area contributed by atoms with Crippen LogP contribution in [0.2, 0.25) is 0 Å². The predicted molar refractivity (Wildman–Crippen MR) is 66.7 cm³/mol. The van der Waals surface area contributed by atoms with Crippen LogP contribution in [0.3, 0.4) is 0 Å². The quantitative estimate of drug-likeness (QED) is 0.789. The third-order valence-electron chi connectivity index (χ3n) is 4.10. The summed E-state index contributed by atoms with van der Waals surface area (Å²) in [4.78, 5) is 2.59. The molecule has 0 radical (unpaired) electrons. The van der Waals surface area contributed by atoms with Crippen LogP contribution in [0.5, 0.6) is 0 Å². The Hall–Kier alpha value is -0.120. The van der Waals surface area contributed by atoms with Gasteiger partial charge in [-0.3, -0.25) is 0 Å². The average molecular weight is 226 g/mol. The van der Waals surface area contributed by atoms with Gasteiger partial charge in [0.25, 0.3) is 0 Å². The number of hydrogen-bond donors (Lipinski definition) is 1. The lowest BCUT2D eigenvalue weighted by Gasteiger charge is -2.38. The molecule has 3 heteroatoms. The van der Waals surface area contributed by atoms with Crippen molar-refractivity contribution in [2.75, 3.05) is 33.3 Å². The summed E-state index contributed by atoms with van der Waals surface area (Å²) >= 11 is 0. The first-order valence-electron chi connectivity index (χ1n) is 6.81. The van der Waals surface area contributed by atoms with Gasteiger partial charge in [0.2, 0.25) is 0 Å². The van der Waals surface area contributed by atoms with Gasteiger partial charge in [-0.05, 0) is 45.2 Å². The van der Waals surface area contributed by atoms with E-state index in [9.17, 15) is 0 Å².